The largest absolute Gasteiger partial charge is 0.481 e. The van der Waals surface area contributed by atoms with Crippen molar-refractivity contribution in [3.8, 4) is 0 Å². The summed E-state index contributed by atoms with van der Waals surface area (Å²) < 4.78 is 7.16. The van der Waals surface area contributed by atoms with E-state index in [0.29, 0.717) is 31.7 Å². The van der Waals surface area contributed by atoms with E-state index in [1.54, 1.807) is 12.0 Å². The van der Waals surface area contributed by atoms with Gasteiger partial charge < -0.3 is 19.3 Å². The number of carbonyl (C=O) groups is 2. The van der Waals surface area contributed by atoms with E-state index in [1.807, 2.05) is 35.0 Å². The summed E-state index contributed by atoms with van der Waals surface area (Å²) in [6.07, 6.45) is 3.22. The standard InChI is InChI=1S/C18H22N2O4/c1-24-10-9-19-12-15(14-6-2-3-7-16(14)19)17(21)20-8-4-5-13(11-20)18(22)23/h2-3,6-7,12-13H,4-5,8-11H2,1H3,(H,22,23)/t13-/m0/s1. The Kier molecular flexibility index (Phi) is 4.85. The second-order valence-corrected chi connectivity index (χ2v) is 6.17. The van der Waals surface area contributed by atoms with Crippen LogP contribution in [0.15, 0.2) is 30.5 Å². The van der Waals surface area contributed by atoms with E-state index >= 15 is 0 Å². The Hall–Kier alpha value is -2.34. The molecule has 1 fully saturated rings. The number of hydrogen-bond donors (Lipinski definition) is 1. The SMILES string of the molecule is COCCn1cc(C(=O)N2CCC[C@H](C(=O)O)C2)c2ccccc21. The molecule has 1 aliphatic rings. The first kappa shape index (κ1) is 16.5. The molecular weight excluding hydrogens is 308 g/mol. The van der Waals surface area contributed by atoms with Crippen molar-refractivity contribution in [3.05, 3.63) is 36.0 Å². The first-order chi connectivity index (χ1) is 11.6. The van der Waals surface area contributed by atoms with Gasteiger partial charge >= 0.3 is 5.97 Å². The lowest BCUT2D eigenvalue weighted by Crippen LogP contribution is -2.42. The van der Waals surface area contributed by atoms with Crippen LogP contribution in [0.3, 0.4) is 0 Å². The van der Waals surface area contributed by atoms with Gasteiger partial charge in [0.05, 0.1) is 18.1 Å². The second kappa shape index (κ2) is 7.05. The molecule has 0 radical (unpaired) electrons. The summed E-state index contributed by atoms with van der Waals surface area (Å²) in [5.74, 6) is -1.38. The van der Waals surface area contributed by atoms with Crippen molar-refractivity contribution in [1.29, 1.82) is 0 Å². The van der Waals surface area contributed by atoms with Gasteiger partial charge in [-0.15, -0.1) is 0 Å². The van der Waals surface area contributed by atoms with Crippen LogP contribution in [0.1, 0.15) is 23.2 Å². The molecule has 3 rings (SSSR count). The Balaban J connectivity index is 1.90. The predicted molar refractivity (Wildman–Crippen MR) is 90.1 cm³/mol. The van der Waals surface area contributed by atoms with Crippen LogP contribution in [0.25, 0.3) is 10.9 Å². The molecule has 6 heteroatoms. The number of likely N-dealkylation sites (tertiary alicyclic amines) is 1. The maximum Gasteiger partial charge on any atom is 0.308 e. The highest BCUT2D eigenvalue weighted by atomic mass is 16.5. The Morgan fingerprint density at radius 2 is 2.12 bits per heavy atom. The Labute approximate surface area is 140 Å². The topological polar surface area (TPSA) is 71.8 Å². The van der Waals surface area contributed by atoms with Gasteiger partial charge in [-0.05, 0) is 18.9 Å². The molecule has 6 nitrogen and oxygen atoms in total. The van der Waals surface area contributed by atoms with E-state index in [9.17, 15) is 14.7 Å². The summed E-state index contributed by atoms with van der Waals surface area (Å²) in [6.45, 7) is 2.13. The average Bonchev–Trinajstić information content (AvgIpc) is 2.98. The van der Waals surface area contributed by atoms with Crippen LogP contribution < -0.4 is 0 Å². The van der Waals surface area contributed by atoms with Crippen LogP contribution in [-0.4, -0.2) is 53.3 Å². The number of ether oxygens (including phenoxy) is 1. The lowest BCUT2D eigenvalue weighted by Gasteiger charge is -2.30. The van der Waals surface area contributed by atoms with E-state index in [-0.39, 0.29) is 12.5 Å². The van der Waals surface area contributed by atoms with Crippen LogP contribution >= 0.6 is 0 Å². The van der Waals surface area contributed by atoms with Crippen molar-refractivity contribution in [2.24, 2.45) is 5.92 Å². The number of amides is 1. The number of hydrogen-bond acceptors (Lipinski definition) is 3. The van der Waals surface area contributed by atoms with Crippen molar-refractivity contribution in [2.75, 3.05) is 26.8 Å². The number of rotatable bonds is 5. The molecule has 1 N–H and O–H groups in total. The fourth-order valence-corrected chi connectivity index (χ4v) is 3.33. The number of aromatic nitrogens is 1. The van der Waals surface area contributed by atoms with Gasteiger partial charge in [0.15, 0.2) is 0 Å². The second-order valence-electron chi connectivity index (χ2n) is 6.17. The summed E-state index contributed by atoms with van der Waals surface area (Å²) in [6, 6.07) is 7.78. The quantitative estimate of drug-likeness (QED) is 0.912. The molecule has 1 amide bonds. The van der Waals surface area contributed by atoms with Gasteiger partial charge in [0, 0.05) is 43.8 Å². The molecule has 24 heavy (non-hydrogen) atoms. The van der Waals surface area contributed by atoms with Crippen LogP contribution in [0.4, 0.5) is 0 Å². The maximum absolute atomic E-state index is 13.0. The highest BCUT2D eigenvalue weighted by Gasteiger charge is 2.29. The summed E-state index contributed by atoms with van der Waals surface area (Å²) in [5, 5.41) is 10.1. The highest BCUT2D eigenvalue weighted by Crippen LogP contribution is 2.25. The third-order valence-electron chi connectivity index (χ3n) is 4.61. The molecule has 0 aliphatic carbocycles. The predicted octanol–water partition coefficient (Wildman–Crippen LogP) is 2.22. The molecule has 0 spiro atoms. The summed E-state index contributed by atoms with van der Waals surface area (Å²) in [4.78, 5) is 25.9. The molecule has 1 aromatic heterocycles. The molecule has 1 atom stereocenters. The van der Waals surface area contributed by atoms with Crippen molar-refractivity contribution in [1.82, 2.24) is 9.47 Å². The lowest BCUT2D eigenvalue weighted by atomic mass is 9.97. The van der Waals surface area contributed by atoms with Gasteiger partial charge in [0.2, 0.25) is 0 Å². The van der Waals surface area contributed by atoms with Crippen molar-refractivity contribution >= 4 is 22.8 Å². The minimum atomic E-state index is -0.824. The van der Waals surface area contributed by atoms with E-state index in [2.05, 4.69) is 0 Å². The van der Waals surface area contributed by atoms with Gasteiger partial charge in [-0.25, -0.2) is 0 Å². The molecule has 1 aromatic carbocycles. The lowest BCUT2D eigenvalue weighted by molar-refractivity contribution is -0.143. The number of carboxylic acids is 1. The van der Waals surface area contributed by atoms with E-state index in [4.69, 9.17) is 4.74 Å². The summed E-state index contributed by atoms with van der Waals surface area (Å²) in [5.41, 5.74) is 1.62. The molecule has 0 bridgehead atoms. The zero-order chi connectivity index (χ0) is 17.1. The van der Waals surface area contributed by atoms with Crippen LogP contribution in [-0.2, 0) is 16.1 Å². The molecule has 1 aliphatic heterocycles. The zero-order valence-electron chi connectivity index (χ0n) is 13.8. The highest BCUT2D eigenvalue weighted by molar-refractivity contribution is 6.07. The Morgan fingerprint density at radius 1 is 1.33 bits per heavy atom. The van der Waals surface area contributed by atoms with Crippen molar-refractivity contribution in [2.45, 2.75) is 19.4 Å². The van der Waals surface area contributed by atoms with E-state index in [1.165, 1.54) is 0 Å². The Morgan fingerprint density at radius 3 is 2.88 bits per heavy atom. The molecule has 128 valence electrons. The van der Waals surface area contributed by atoms with Gasteiger partial charge in [-0.2, -0.15) is 0 Å². The smallest absolute Gasteiger partial charge is 0.308 e. The summed E-state index contributed by atoms with van der Waals surface area (Å²) in [7, 11) is 1.65. The number of fused-ring (bicyclic) bond motifs is 1. The number of carboxylic acid groups (broad SMARTS) is 1. The molecule has 2 heterocycles. The minimum Gasteiger partial charge on any atom is -0.481 e. The monoisotopic (exact) mass is 330 g/mol. The third kappa shape index (κ3) is 3.14. The number of benzene rings is 1. The van der Waals surface area contributed by atoms with Gasteiger partial charge in [0.25, 0.3) is 5.91 Å². The van der Waals surface area contributed by atoms with Gasteiger partial charge in [-0.1, -0.05) is 18.2 Å². The van der Waals surface area contributed by atoms with Crippen LogP contribution in [0.5, 0.6) is 0 Å². The molecule has 0 saturated carbocycles. The number of carbonyl (C=O) groups excluding carboxylic acids is 1. The minimum absolute atomic E-state index is 0.0895. The number of aliphatic carboxylic acids is 1. The first-order valence-electron chi connectivity index (χ1n) is 8.20. The molecule has 1 saturated heterocycles. The Bertz CT molecular complexity index is 753. The molecule has 2 aromatic rings. The van der Waals surface area contributed by atoms with Crippen LogP contribution in [0.2, 0.25) is 0 Å². The molecule has 0 unspecified atom stereocenters. The number of para-hydroxylation sites is 1. The number of methoxy groups -OCH3 is 1. The average molecular weight is 330 g/mol. The van der Waals surface area contributed by atoms with Crippen molar-refractivity contribution < 1.29 is 19.4 Å². The van der Waals surface area contributed by atoms with E-state index in [0.717, 1.165) is 17.3 Å². The number of piperidine rings is 1. The number of nitrogens with zero attached hydrogens (tertiary/aromatic N) is 2. The first-order valence-corrected chi connectivity index (χ1v) is 8.20. The van der Waals surface area contributed by atoms with Crippen molar-refractivity contribution in [3.63, 3.8) is 0 Å². The van der Waals surface area contributed by atoms with E-state index < -0.39 is 11.9 Å². The maximum atomic E-state index is 13.0. The summed E-state index contributed by atoms with van der Waals surface area (Å²) >= 11 is 0. The fraction of sp³-hybridized carbons (Fsp3) is 0.444. The van der Waals surface area contributed by atoms with Crippen LogP contribution in [0, 0.1) is 5.92 Å². The normalized spacial score (nSPS) is 18.0. The fourth-order valence-electron chi connectivity index (χ4n) is 3.33. The van der Waals surface area contributed by atoms with Gasteiger partial charge in [0.1, 0.15) is 0 Å². The van der Waals surface area contributed by atoms with Gasteiger partial charge in [-0.3, -0.25) is 9.59 Å². The third-order valence-corrected chi connectivity index (χ3v) is 4.61. The zero-order valence-corrected chi connectivity index (χ0v) is 13.8. The molecular formula is C18H22N2O4.